The number of fused-ring (bicyclic) bond motifs is 1. The Balaban J connectivity index is 2.84. The van der Waals surface area contributed by atoms with E-state index in [1.54, 1.807) is 0 Å². The summed E-state index contributed by atoms with van der Waals surface area (Å²) in [6.45, 7) is 0. The molecule has 0 fully saturated rings. The molecule has 0 aliphatic rings. The van der Waals surface area contributed by atoms with Gasteiger partial charge in [-0.3, -0.25) is 9.59 Å². The minimum atomic E-state index is -0.542. The van der Waals surface area contributed by atoms with Crippen molar-refractivity contribution >= 4 is 22.9 Å². The second kappa shape index (κ2) is 3.58. The molecule has 1 heterocycles. The van der Waals surface area contributed by atoms with Gasteiger partial charge in [0.2, 0.25) is 5.43 Å². The largest absolute Gasteiger partial charge is 0.463 e. The van der Waals surface area contributed by atoms with E-state index in [0.717, 1.165) is 12.3 Å². The average molecular weight is 220 g/mol. The maximum absolute atomic E-state index is 11.6. The zero-order chi connectivity index (χ0) is 11.7. The van der Waals surface area contributed by atoms with Gasteiger partial charge >= 0.3 is 5.69 Å². The lowest BCUT2D eigenvalue weighted by Crippen LogP contribution is -2.07. The number of hydrogen-bond donors (Lipinski definition) is 1. The number of benzene rings is 1. The normalized spacial score (nSPS) is 10.2. The molecule has 0 saturated carbocycles. The molecule has 0 aliphatic heterocycles. The third-order valence-corrected chi connectivity index (χ3v) is 2.13. The van der Waals surface area contributed by atoms with Crippen LogP contribution in [0.2, 0.25) is 0 Å². The van der Waals surface area contributed by atoms with Crippen LogP contribution in [-0.4, -0.2) is 16.4 Å². The maximum atomic E-state index is 11.6. The van der Waals surface area contributed by atoms with E-state index in [4.69, 9.17) is 9.62 Å². The van der Waals surface area contributed by atoms with Crippen molar-refractivity contribution in [3.63, 3.8) is 0 Å². The molecule has 6 heteroatoms. The highest BCUT2D eigenvalue weighted by atomic mass is 16.6. The second-order valence-electron chi connectivity index (χ2n) is 3.09. The molecule has 0 unspecified atom stereocenters. The molecule has 6 nitrogen and oxygen atoms in total. The zero-order valence-electron chi connectivity index (χ0n) is 7.91. The molecule has 0 spiro atoms. The minimum absolute atomic E-state index is 0.0667. The Bertz CT molecular complexity index is 643. The quantitative estimate of drug-likeness (QED) is 0.610. The third kappa shape index (κ3) is 1.46. The standard InChI is InChI=1S/C10H6NO5/c12-4-6-5-16-9-2-1-7(11(14)15)3-8(9)10(6)13/h1-5H,(H,14,15)/q+1. The number of carbonyl (C=O) groups excluding carboxylic acids is 1. The van der Waals surface area contributed by atoms with Crippen LogP contribution < -0.4 is 5.43 Å². The van der Waals surface area contributed by atoms with Crippen LogP contribution >= 0.6 is 0 Å². The summed E-state index contributed by atoms with van der Waals surface area (Å²) >= 11 is 0. The SMILES string of the molecule is O=Cc1coc2ccc([N+](=O)O)cc2c1=O. The topological polar surface area (TPSA) is 87.6 Å². The predicted molar refractivity (Wildman–Crippen MR) is 52.9 cm³/mol. The van der Waals surface area contributed by atoms with E-state index >= 15 is 0 Å². The van der Waals surface area contributed by atoms with Gasteiger partial charge in [0.15, 0.2) is 6.29 Å². The lowest BCUT2D eigenvalue weighted by molar-refractivity contribution is -0.729. The first-order chi connectivity index (χ1) is 7.63. The summed E-state index contributed by atoms with van der Waals surface area (Å²) in [6, 6.07) is 3.81. The highest BCUT2D eigenvalue weighted by molar-refractivity contribution is 5.85. The van der Waals surface area contributed by atoms with Gasteiger partial charge in [-0.1, -0.05) is 0 Å². The van der Waals surface area contributed by atoms with Gasteiger partial charge in [-0.15, -0.1) is 0 Å². The lowest BCUT2D eigenvalue weighted by Gasteiger charge is -1.95. The van der Waals surface area contributed by atoms with Crippen LogP contribution in [0.25, 0.3) is 11.0 Å². The number of aldehydes is 1. The summed E-state index contributed by atoms with van der Waals surface area (Å²) in [6.07, 6.45) is 1.41. The van der Waals surface area contributed by atoms with Crippen molar-refractivity contribution in [1.82, 2.24) is 0 Å². The molecule has 1 aromatic heterocycles. The van der Waals surface area contributed by atoms with Gasteiger partial charge in [-0.2, -0.15) is 0 Å². The Morgan fingerprint density at radius 3 is 2.75 bits per heavy atom. The smallest absolute Gasteiger partial charge is 0.317 e. The van der Waals surface area contributed by atoms with Crippen LogP contribution in [0.1, 0.15) is 10.4 Å². The van der Waals surface area contributed by atoms with Crippen LogP contribution in [0.4, 0.5) is 5.69 Å². The van der Waals surface area contributed by atoms with Gasteiger partial charge in [-0.05, 0) is 6.07 Å². The molecule has 80 valence electrons. The van der Waals surface area contributed by atoms with E-state index < -0.39 is 5.43 Å². The Labute approximate surface area is 88.3 Å². The molecule has 1 N–H and O–H groups in total. The highest BCUT2D eigenvalue weighted by Crippen LogP contribution is 2.17. The van der Waals surface area contributed by atoms with Crippen molar-refractivity contribution in [3.8, 4) is 0 Å². The number of rotatable bonds is 2. The monoisotopic (exact) mass is 220 g/mol. The van der Waals surface area contributed by atoms with Crippen molar-refractivity contribution in [2.45, 2.75) is 0 Å². The van der Waals surface area contributed by atoms with Crippen LogP contribution in [0.3, 0.4) is 0 Å². The molecular formula is C10H6NO5+. The van der Waals surface area contributed by atoms with Crippen LogP contribution in [0, 0.1) is 4.91 Å². The molecule has 1 aromatic carbocycles. The molecule has 0 saturated heterocycles. The lowest BCUT2D eigenvalue weighted by atomic mass is 10.1. The van der Waals surface area contributed by atoms with E-state index in [-0.39, 0.29) is 27.1 Å². The second-order valence-corrected chi connectivity index (χ2v) is 3.09. The molecule has 2 rings (SSSR count). The first-order valence-electron chi connectivity index (χ1n) is 4.30. The van der Waals surface area contributed by atoms with Gasteiger partial charge in [-0.25, -0.2) is 5.21 Å². The fourth-order valence-electron chi connectivity index (χ4n) is 1.33. The van der Waals surface area contributed by atoms with Crippen LogP contribution in [-0.2, 0) is 0 Å². The summed E-state index contributed by atoms with van der Waals surface area (Å²) in [5, 5.41) is 8.74. The first kappa shape index (κ1) is 10.0. The number of carbonyl (C=O) groups is 1. The molecular weight excluding hydrogens is 214 g/mol. The zero-order valence-corrected chi connectivity index (χ0v) is 7.91. The first-order valence-corrected chi connectivity index (χ1v) is 4.30. The molecule has 2 aromatic rings. The van der Waals surface area contributed by atoms with Gasteiger partial charge < -0.3 is 4.42 Å². The van der Waals surface area contributed by atoms with Crippen molar-refractivity contribution < 1.29 is 19.3 Å². The maximum Gasteiger partial charge on any atom is 0.317 e. The van der Waals surface area contributed by atoms with E-state index in [2.05, 4.69) is 0 Å². The Kier molecular flexibility index (Phi) is 2.24. The number of hydrogen-bond acceptors (Lipinski definition) is 4. The van der Waals surface area contributed by atoms with E-state index in [0.29, 0.717) is 6.29 Å². The predicted octanol–water partition coefficient (Wildman–Crippen LogP) is 1.41. The van der Waals surface area contributed by atoms with E-state index in [1.165, 1.54) is 12.1 Å². The summed E-state index contributed by atoms with van der Waals surface area (Å²) in [5.74, 6) is 0. The van der Waals surface area contributed by atoms with E-state index in [9.17, 15) is 14.5 Å². The third-order valence-electron chi connectivity index (χ3n) is 2.13. The summed E-state index contributed by atoms with van der Waals surface area (Å²) in [7, 11) is 0. The van der Waals surface area contributed by atoms with Gasteiger partial charge in [0.05, 0.1) is 15.9 Å². The van der Waals surface area contributed by atoms with Crippen LogP contribution in [0.15, 0.2) is 33.7 Å². The van der Waals surface area contributed by atoms with E-state index in [1.807, 2.05) is 0 Å². The minimum Gasteiger partial charge on any atom is -0.463 e. The molecule has 0 atom stereocenters. The molecule has 0 amide bonds. The fourth-order valence-corrected chi connectivity index (χ4v) is 1.33. The van der Waals surface area contributed by atoms with Gasteiger partial charge in [0.1, 0.15) is 11.8 Å². The van der Waals surface area contributed by atoms with Crippen molar-refractivity contribution in [3.05, 3.63) is 45.2 Å². The van der Waals surface area contributed by atoms with Gasteiger partial charge in [0, 0.05) is 12.1 Å². The summed E-state index contributed by atoms with van der Waals surface area (Å²) < 4.78 is 5.02. The number of nitrogens with zero attached hydrogens (tertiary/aromatic N) is 1. The molecule has 0 radical (unpaired) electrons. The van der Waals surface area contributed by atoms with Crippen molar-refractivity contribution in [2.75, 3.05) is 0 Å². The highest BCUT2D eigenvalue weighted by Gasteiger charge is 2.15. The summed E-state index contributed by atoms with van der Waals surface area (Å²) in [5.41, 5.74) is -0.552. The van der Waals surface area contributed by atoms with Crippen molar-refractivity contribution in [1.29, 1.82) is 0 Å². The Hall–Kier alpha value is -2.50. The van der Waals surface area contributed by atoms with Gasteiger partial charge in [0.25, 0.3) is 4.92 Å². The Morgan fingerprint density at radius 1 is 1.38 bits per heavy atom. The average Bonchev–Trinajstić information content (AvgIpc) is 2.29. The van der Waals surface area contributed by atoms with Crippen molar-refractivity contribution in [2.24, 2.45) is 0 Å². The molecule has 0 bridgehead atoms. The fraction of sp³-hybridized carbons (Fsp3) is 0. The Morgan fingerprint density at radius 2 is 2.12 bits per heavy atom. The molecule has 16 heavy (non-hydrogen) atoms. The van der Waals surface area contributed by atoms with Crippen LogP contribution in [0.5, 0.6) is 0 Å². The molecule has 0 aliphatic carbocycles. The summed E-state index contributed by atoms with van der Waals surface area (Å²) in [4.78, 5) is 32.4.